The van der Waals surface area contributed by atoms with Gasteiger partial charge in [0.1, 0.15) is 5.75 Å². The van der Waals surface area contributed by atoms with Crippen LogP contribution in [-0.4, -0.2) is 9.97 Å². The number of nitrogens with zero attached hydrogens (tertiary/aromatic N) is 2. The van der Waals surface area contributed by atoms with Crippen LogP contribution in [0.2, 0.25) is 0 Å². The average molecular weight is 346 g/mol. The molecule has 5 nitrogen and oxygen atoms in total. The second-order valence-corrected chi connectivity index (χ2v) is 4.30. The van der Waals surface area contributed by atoms with Crippen molar-refractivity contribution in [2.45, 2.75) is 0 Å². The smallest absolute Gasteiger partial charge is 0.260 e. The van der Waals surface area contributed by atoms with E-state index in [9.17, 15) is 4.39 Å². The van der Waals surface area contributed by atoms with Gasteiger partial charge in [-0.3, -0.25) is 5.43 Å². The molecule has 17 heavy (non-hydrogen) atoms. The van der Waals surface area contributed by atoms with Crippen LogP contribution in [0.15, 0.2) is 30.5 Å². The first-order chi connectivity index (χ1) is 8.19. The van der Waals surface area contributed by atoms with E-state index in [0.717, 1.165) is 9.77 Å². The monoisotopic (exact) mass is 346 g/mol. The number of nitrogens with two attached hydrogens (primary N) is 1. The molecule has 0 radical (unpaired) electrons. The normalized spacial score (nSPS) is 10.1. The zero-order valence-corrected chi connectivity index (χ0v) is 10.7. The van der Waals surface area contributed by atoms with Crippen LogP contribution in [0.5, 0.6) is 11.6 Å². The molecule has 0 atom stereocenters. The standard InChI is InChI=1S/C10H8FIN4O/c11-8-5-14-10(16-13)15-9(8)17-7-3-1-2-6(12)4-7/h1-5H,13H2,(H,14,15,16). The molecule has 0 aliphatic rings. The van der Waals surface area contributed by atoms with E-state index >= 15 is 0 Å². The van der Waals surface area contributed by atoms with Gasteiger partial charge in [-0.05, 0) is 40.8 Å². The molecule has 1 aromatic heterocycles. The fourth-order valence-electron chi connectivity index (χ4n) is 1.13. The third kappa shape index (κ3) is 3.01. The molecule has 0 saturated heterocycles. The van der Waals surface area contributed by atoms with Crippen LogP contribution < -0.4 is 16.0 Å². The highest BCUT2D eigenvalue weighted by Gasteiger charge is 2.09. The van der Waals surface area contributed by atoms with Gasteiger partial charge in [-0.2, -0.15) is 9.37 Å². The number of nitrogen functional groups attached to an aromatic ring is 1. The zero-order chi connectivity index (χ0) is 12.3. The molecule has 0 spiro atoms. The number of hydrazine groups is 1. The molecule has 0 fully saturated rings. The van der Waals surface area contributed by atoms with Gasteiger partial charge in [0.2, 0.25) is 11.8 Å². The Hall–Kier alpha value is -1.48. The van der Waals surface area contributed by atoms with Crippen molar-refractivity contribution in [2.75, 3.05) is 5.43 Å². The summed E-state index contributed by atoms with van der Waals surface area (Å²) in [6.07, 6.45) is 0.992. The van der Waals surface area contributed by atoms with E-state index in [1.165, 1.54) is 0 Å². The summed E-state index contributed by atoms with van der Waals surface area (Å²) in [5, 5.41) is 0. The van der Waals surface area contributed by atoms with Crippen molar-refractivity contribution in [3.05, 3.63) is 39.8 Å². The maximum atomic E-state index is 13.4. The van der Waals surface area contributed by atoms with Gasteiger partial charge in [0.05, 0.1) is 6.20 Å². The summed E-state index contributed by atoms with van der Waals surface area (Å²) in [5.41, 5.74) is 2.22. The maximum Gasteiger partial charge on any atom is 0.260 e. The van der Waals surface area contributed by atoms with E-state index in [0.29, 0.717) is 5.75 Å². The number of halogens is 2. The Morgan fingerprint density at radius 3 is 2.94 bits per heavy atom. The molecule has 1 aromatic carbocycles. The number of aromatic nitrogens is 2. The van der Waals surface area contributed by atoms with E-state index in [2.05, 4.69) is 38.0 Å². The second-order valence-electron chi connectivity index (χ2n) is 3.05. The van der Waals surface area contributed by atoms with Gasteiger partial charge >= 0.3 is 0 Å². The summed E-state index contributed by atoms with van der Waals surface area (Å²) in [4.78, 5) is 7.38. The minimum Gasteiger partial charge on any atom is -0.436 e. The van der Waals surface area contributed by atoms with Crippen molar-refractivity contribution in [2.24, 2.45) is 5.84 Å². The summed E-state index contributed by atoms with van der Waals surface area (Å²) in [6.45, 7) is 0. The maximum absolute atomic E-state index is 13.4. The molecule has 2 rings (SSSR count). The Labute approximate surface area is 110 Å². The predicted molar refractivity (Wildman–Crippen MR) is 69.0 cm³/mol. The lowest BCUT2D eigenvalue weighted by Crippen LogP contribution is -2.11. The molecular formula is C10H8FIN4O. The molecule has 0 aliphatic carbocycles. The second kappa shape index (κ2) is 5.23. The highest BCUT2D eigenvalue weighted by molar-refractivity contribution is 14.1. The fraction of sp³-hybridized carbons (Fsp3) is 0. The lowest BCUT2D eigenvalue weighted by molar-refractivity contribution is 0.420. The quantitative estimate of drug-likeness (QED) is 0.507. The Bertz CT molecular complexity index is 537. The van der Waals surface area contributed by atoms with E-state index in [1.807, 2.05) is 6.07 Å². The van der Waals surface area contributed by atoms with Crippen molar-refractivity contribution >= 4 is 28.5 Å². The summed E-state index contributed by atoms with van der Waals surface area (Å²) in [6, 6.07) is 7.17. The third-order valence-corrected chi connectivity index (χ3v) is 2.52. The topological polar surface area (TPSA) is 73.1 Å². The molecule has 0 unspecified atom stereocenters. The van der Waals surface area contributed by atoms with Crippen LogP contribution in [-0.2, 0) is 0 Å². The van der Waals surface area contributed by atoms with E-state index in [1.54, 1.807) is 18.2 Å². The summed E-state index contributed by atoms with van der Waals surface area (Å²) in [5.74, 6) is 4.90. The van der Waals surface area contributed by atoms with Gasteiger partial charge in [0, 0.05) is 3.57 Å². The van der Waals surface area contributed by atoms with Gasteiger partial charge in [0.25, 0.3) is 5.88 Å². The van der Waals surface area contributed by atoms with Crippen LogP contribution in [0, 0.1) is 9.39 Å². The van der Waals surface area contributed by atoms with Crippen LogP contribution in [0.25, 0.3) is 0 Å². The van der Waals surface area contributed by atoms with Gasteiger partial charge < -0.3 is 4.74 Å². The van der Waals surface area contributed by atoms with Crippen LogP contribution >= 0.6 is 22.6 Å². The number of hydrogen-bond donors (Lipinski definition) is 2. The molecule has 0 saturated carbocycles. The molecule has 7 heteroatoms. The van der Waals surface area contributed by atoms with Crippen LogP contribution in [0.3, 0.4) is 0 Å². The third-order valence-electron chi connectivity index (χ3n) is 1.85. The Balaban J connectivity index is 2.29. The largest absolute Gasteiger partial charge is 0.436 e. The van der Waals surface area contributed by atoms with E-state index in [4.69, 9.17) is 10.6 Å². The number of anilines is 1. The molecule has 88 valence electrons. The summed E-state index contributed by atoms with van der Waals surface area (Å²) < 4.78 is 19.7. The number of benzene rings is 1. The molecule has 0 aliphatic heterocycles. The lowest BCUT2D eigenvalue weighted by atomic mass is 10.3. The van der Waals surface area contributed by atoms with Gasteiger partial charge in [-0.1, -0.05) is 6.07 Å². The molecule has 0 bridgehead atoms. The van der Waals surface area contributed by atoms with Crippen molar-refractivity contribution in [3.8, 4) is 11.6 Å². The lowest BCUT2D eigenvalue weighted by Gasteiger charge is -2.06. The minimum atomic E-state index is -0.650. The van der Waals surface area contributed by atoms with Crippen molar-refractivity contribution < 1.29 is 9.13 Å². The Morgan fingerprint density at radius 2 is 2.24 bits per heavy atom. The SMILES string of the molecule is NNc1ncc(F)c(Oc2cccc(I)c2)n1. The van der Waals surface area contributed by atoms with E-state index < -0.39 is 5.82 Å². The number of nitrogens with one attached hydrogen (secondary N) is 1. The average Bonchev–Trinajstić information content (AvgIpc) is 2.32. The van der Waals surface area contributed by atoms with Crippen LogP contribution in [0.1, 0.15) is 0 Å². The Kier molecular flexibility index (Phi) is 3.69. The highest BCUT2D eigenvalue weighted by atomic mass is 127. The van der Waals surface area contributed by atoms with Crippen molar-refractivity contribution in [3.63, 3.8) is 0 Å². The number of ether oxygens (including phenoxy) is 1. The highest BCUT2D eigenvalue weighted by Crippen LogP contribution is 2.23. The number of rotatable bonds is 3. The molecule has 1 heterocycles. The first kappa shape index (κ1) is 12.0. The van der Waals surface area contributed by atoms with Crippen LogP contribution in [0.4, 0.5) is 10.3 Å². The van der Waals surface area contributed by atoms with Gasteiger partial charge in [-0.15, -0.1) is 0 Å². The van der Waals surface area contributed by atoms with Crippen molar-refractivity contribution in [1.82, 2.24) is 9.97 Å². The summed E-state index contributed by atoms with van der Waals surface area (Å²) in [7, 11) is 0. The summed E-state index contributed by atoms with van der Waals surface area (Å²) >= 11 is 2.13. The van der Waals surface area contributed by atoms with E-state index in [-0.39, 0.29) is 11.8 Å². The first-order valence-electron chi connectivity index (χ1n) is 4.61. The number of hydrogen-bond acceptors (Lipinski definition) is 5. The molecule has 2 aromatic rings. The molecule has 3 N–H and O–H groups in total. The molecule has 0 amide bonds. The predicted octanol–water partition coefficient (Wildman–Crippen LogP) is 2.30. The van der Waals surface area contributed by atoms with Crippen molar-refractivity contribution in [1.29, 1.82) is 0 Å². The molecular weight excluding hydrogens is 338 g/mol. The van der Waals surface area contributed by atoms with Gasteiger partial charge in [0.15, 0.2) is 0 Å². The first-order valence-corrected chi connectivity index (χ1v) is 5.69. The van der Waals surface area contributed by atoms with Gasteiger partial charge in [-0.25, -0.2) is 10.8 Å². The fourth-order valence-corrected chi connectivity index (χ4v) is 1.65. The minimum absolute atomic E-state index is 0.0898. The Morgan fingerprint density at radius 1 is 1.41 bits per heavy atom. The zero-order valence-electron chi connectivity index (χ0n) is 8.52.